The Morgan fingerprint density at radius 2 is 1.74 bits per heavy atom. The van der Waals surface area contributed by atoms with Crippen molar-refractivity contribution in [1.29, 1.82) is 0 Å². The third-order valence-corrected chi connectivity index (χ3v) is 4.38. The van der Waals surface area contributed by atoms with E-state index in [1.807, 2.05) is 47.4 Å². The molecular formula is C18H20ClN3O. The highest BCUT2D eigenvalue weighted by atomic mass is 35.5. The van der Waals surface area contributed by atoms with Crippen molar-refractivity contribution in [3.8, 4) is 0 Å². The van der Waals surface area contributed by atoms with Crippen molar-refractivity contribution >= 4 is 28.9 Å². The number of halogens is 1. The molecule has 0 spiro atoms. The predicted octanol–water partition coefficient (Wildman–Crippen LogP) is 2.81. The summed E-state index contributed by atoms with van der Waals surface area (Å²) in [5, 5.41) is 0.740. The molecule has 1 amide bonds. The summed E-state index contributed by atoms with van der Waals surface area (Å²) in [4.78, 5) is 16.6. The fourth-order valence-corrected chi connectivity index (χ4v) is 2.99. The standard InChI is InChI=1S/C18H20ClN3O/c19-15-2-1-3-17(13-15)21-8-10-22(11-9-21)18(23)12-14-4-6-16(20)7-5-14/h1-7,13H,8-12,20H2. The second-order valence-electron chi connectivity index (χ2n) is 5.77. The van der Waals surface area contributed by atoms with Crippen LogP contribution in [0.2, 0.25) is 5.02 Å². The molecule has 3 rings (SSSR count). The number of piperazine rings is 1. The van der Waals surface area contributed by atoms with Gasteiger partial charge >= 0.3 is 0 Å². The minimum atomic E-state index is 0.167. The number of benzene rings is 2. The maximum absolute atomic E-state index is 12.4. The smallest absolute Gasteiger partial charge is 0.227 e. The number of amides is 1. The lowest BCUT2D eigenvalue weighted by atomic mass is 10.1. The van der Waals surface area contributed by atoms with E-state index in [0.717, 1.165) is 48.1 Å². The highest BCUT2D eigenvalue weighted by Crippen LogP contribution is 2.21. The van der Waals surface area contributed by atoms with Gasteiger partial charge in [-0.15, -0.1) is 0 Å². The van der Waals surface area contributed by atoms with E-state index >= 15 is 0 Å². The van der Waals surface area contributed by atoms with Crippen LogP contribution in [0.25, 0.3) is 0 Å². The molecule has 0 unspecified atom stereocenters. The Hall–Kier alpha value is -2.20. The molecule has 4 nitrogen and oxygen atoms in total. The molecule has 1 saturated heterocycles. The molecule has 2 aromatic rings. The van der Waals surface area contributed by atoms with Crippen LogP contribution in [0.4, 0.5) is 11.4 Å². The fourth-order valence-electron chi connectivity index (χ4n) is 2.81. The molecule has 120 valence electrons. The van der Waals surface area contributed by atoms with E-state index in [0.29, 0.717) is 6.42 Å². The summed E-state index contributed by atoms with van der Waals surface area (Å²) in [7, 11) is 0. The lowest BCUT2D eigenvalue weighted by molar-refractivity contribution is -0.130. The lowest BCUT2D eigenvalue weighted by Gasteiger charge is -2.36. The highest BCUT2D eigenvalue weighted by molar-refractivity contribution is 6.30. The molecule has 1 aliphatic heterocycles. The van der Waals surface area contributed by atoms with Gasteiger partial charge in [-0.25, -0.2) is 0 Å². The molecule has 0 radical (unpaired) electrons. The van der Waals surface area contributed by atoms with Crippen molar-refractivity contribution in [2.45, 2.75) is 6.42 Å². The molecule has 23 heavy (non-hydrogen) atoms. The Kier molecular flexibility index (Phi) is 4.72. The Morgan fingerprint density at radius 1 is 1.04 bits per heavy atom. The minimum absolute atomic E-state index is 0.167. The van der Waals surface area contributed by atoms with Crippen molar-refractivity contribution < 1.29 is 4.79 Å². The summed E-state index contributed by atoms with van der Waals surface area (Å²) in [5.41, 5.74) is 8.51. The Morgan fingerprint density at radius 3 is 2.39 bits per heavy atom. The number of hydrogen-bond donors (Lipinski definition) is 1. The van der Waals surface area contributed by atoms with Crippen molar-refractivity contribution in [2.24, 2.45) is 0 Å². The van der Waals surface area contributed by atoms with E-state index in [9.17, 15) is 4.79 Å². The summed E-state index contributed by atoms with van der Waals surface area (Å²) in [6.45, 7) is 3.13. The van der Waals surface area contributed by atoms with E-state index in [4.69, 9.17) is 17.3 Å². The van der Waals surface area contributed by atoms with Gasteiger partial charge in [0.05, 0.1) is 6.42 Å². The molecule has 2 N–H and O–H groups in total. The molecule has 2 aromatic carbocycles. The van der Waals surface area contributed by atoms with Crippen LogP contribution in [0, 0.1) is 0 Å². The van der Waals surface area contributed by atoms with E-state index in [2.05, 4.69) is 11.0 Å². The van der Waals surface area contributed by atoms with Crippen LogP contribution >= 0.6 is 11.6 Å². The largest absolute Gasteiger partial charge is 0.399 e. The lowest BCUT2D eigenvalue weighted by Crippen LogP contribution is -2.49. The number of nitrogen functional groups attached to an aromatic ring is 1. The quantitative estimate of drug-likeness (QED) is 0.881. The first kappa shape index (κ1) is 15.7. The van der Waals surface area contributed by atoms with Gasteiger partial charge in [0.25, 0.3) is 0 Å². The normalized spacial score (nSPS) is 14.8. The van der Waals surface area contributed by atoms with Crippen LogP contribution in [0.1, 0.15) is 5.56 Å². The molecule has 0 bridgehead atoms. The molecule has 0 aromatic heterocycles. The fraction of sp³-hybridized carbons (Fsp3) is 0.278. The van der Waals surface area contributed by atoms with Crippen LogP contribution < -0.4 is 10.6 Å². The van der Waals surface area contributed by atoms with Gasteiger partial charge in [-0.05, 0) is 35.9 Å². The van der Waals surface area contributed by atoms with Gasteiger partial charge in [0, 0.05) is 42.6 Å². The number of hydrogen-bond acceptors (Lipinski definition) is 3. The van der Waals surface area contributed by atoms with Crippen molar-refractivity contribution in [3.05, 3.63) is 59.1 Å². The number of carbonyl (C=O) groups excluding carboxylic acids is 1. The zero-order valence-corrected chi connectivity index (χ0v) is 13.7. The monoisotopic (exact) mass is 329 g/mol. The molecular weight excluding hydrogens is 310 g/mol. The average Bonchev–Trinajstić information content (AvgIpc) is 2.57. The summed E-state index contributed by atoms with van der Waals surface area (Å²) in [6, 6.07) is 15.3. The van der Waals surface area contributed by atoms with E-state index in [1.54, 1.807) is 0 Å². The number of nitrogens with two attached hydrogens (primary N) is 1. The van der Waals surface area contributed by atoms with Crippen molar-refractivity contribution in [2.75, 3.05) is 36.8 Å². The number of anilines is 2. The topological polar surface area (TPSA) is 49.6 Å². The summed E-state index contributed by atoms with van der Waals surface area (Å²) >= 11 is 6.04. The minimum Gasteiger partial charge on any atom is -0.399 e. The first-order chi connectivity index (χ1) is 11.1. The summed E-state index contributed by atoms with van der Waals surface area (Å²) < 4.78 is 0. The first-order valence-corrected chi connectivity index (χ1v) is 8.12. The van der Waals surface area contributed by atoms with Crippen LogP contribution in [0.5, 0.6) is 0 Å². The van der Waals surface area contributed by atoms with E-state index in [-0.39, 0.29) is 5.91 Å². The molecule has 0 aliphatic carbocycles. The molecule has 1 heterocycles. The van der Waals surface area contributed by atoms with Crippen LogP contribution in [-0.2, 0) is 11.2 Å². The molecule has 1 aliphatic rings. The van der Waals surface area contributed by atoms with Gasteiger partial charge in [-0.3, -0.25) is 4.79 Å². The van der Waals surface area contributed by atoms with Crippen LogP contribution in [-0.4, -0.2) is 37.0 Å². The summed E-state index contributed by atoms with van der Waals surface area (Å²) in [6.07, 6.45) is 0.428. The molecule has 5 heteroatoms. The highest BCUT2D eigenvalue weighted by Gasteiger charge is 2.21. The van der Waals surface area contributed by atoms with Gasteiger partial charge in [0.2, 0.25) is 5.91 Å². The van der Waals surface area contributed by atoms with Gasteiger partial charge in [-0.2, -0.15) is 0 Å². The number of rotatable bonds is 3. The Labute approximate surface area is 141 Å². The zero-order valence-electron chi connectivity index (χ0n) is 12.9. The first-order valence-electron chi connectivity index (χ1n) is 7.74. The molecule has 0 saturated carbocycles. The van der Waals surface area contributed by atoms with E-state index < -0.39 is 0 Å². The van der Waals surface area contributed by atoms with Gasteiger partial charge < -0.3 is 15.5 Å². The summed E-state index contributed by atoms with van der Waals surface area (Å²) in [5.74, 6) is 0.167. The molecule has 1 fully saturated rings. The predicted molar refractivity (Wildman–Crippen MR) is 94.8 cm³/mol. The third kappa shape index (κ3) is 3.96. The number of nitrogens with zero attached hydrogens (tertiary/aromatic N) is 2. The second-order valence-corrected chi connectivity index (χ2v) is 6.20. The second kappa shape index (κ2) is 6.92. The average molecular weight is 330 g/mol. The number of carbonyl (C=O) groups is 1. The SMILES string of the molecule is Nc1ccc(CC(=O)N2CCN(c3cccc(Cl)c3)CC2)cc1. The van der Waals surface area contributed by atoms with Crippen molar-refractivity contribution in [3.63, 3.8) is 0 Å². The maximum atomic E-state index is 12.4. The Bertz CT molecular complexity index is 679. The maximum Gasteiger partial charge on any atom is 0.227 e. The molecule has 0 atom stereocenters. The van der Waals surface area contributed by atoms with Crippen LogP contribution in [0.15, 0.2) is 48.5 Å². The van der Waals surface area contributed by atoms with Gasteiger partial charge in [-0.1, -0.05) is 29.8 Å². The van der Waals surface area contributed by atoms with Gasteiger partial charge in [0.1, 0.15) is 0 Å². The third-order valence-electron chi connectivity index (χ3n) is 4.14. The van der Waals surface area contributed by atoms with Gasteiger partial charge in [0.15, 0.2) is 0 Å². The van der Waals surface area contributed by atoms with Crippen LogP contribution in [0.3, 0.4) is 0 Å². The zero-order chi connectivity index (χ0) is 16.2. The van der Waals surface area contributed by atoms with E-state index in [1.165, 1.54) is 0 Å². The van der Waals surface area contributed by atoms with Crippen molar-refractivity contribution in [1.82, 2.24) is 4.90 Å². The Balaban J connectivity index is 1.56.